The lowest BCUT2D eigenvalue weighted by Gasteiger charge is -2.30. The highest BCUT2D eigenvalue weighted by Crippen LogP contribution is 2.34. The minimum absolute atomic E-state index is 0.0106. The SMILES string of the molecule is COc1ccc(CNc2ncc(-c3onc(C)c3C)c(-c3ccco3)n2)c(CC(=N)/C=C(\O)c2cnc(N3CCC(O)CC3)nc2C(C)C)c1. The van der Waals surface area contributed by atoms with Crippen LogP contribution in [0.15, 0.2) is 64.0 Å². The van der Waals surface area contributed by atoms with E-state index in [1.807, 2.05) is 52.0 Å². The molecule has 5 heterocycles. The first-order chi connectivity index (χ1) is 24.1. The van der Waals surface area contributed by atoms with Gasteiger partial charge in [-0.2, -0.15) is 0 Å². The van der Waals surface area contributed by atoms with Crippen LogP contribution in [0.1, 0.15) is 66.2 Å². The summed E-state index contributed by atoms with van der Waals surface area (Å²) in [5, 5.41) is 37.3. The zero-order valence-corrected chi connectivity index (χ0v) is 28.9. The van der Waals surface area contributed by atoms with E-state index in [1.165, 1.54) is 6.08 Å². The molecule has 0 bridgehead atoms. The van der Waals surface area contributed by atoms with Crippen LogP contribution in [0.5, 0.6) is 5.75 Å². The summed E-state index contributed by atoms with van der Waals surface area (Å²) in [7, 11) is 1.60. The van der Waals surface area contributed by atoms with E-state index in [1.54, 1.807) is 31.8 Å². The number of furan rings is 1. The quantitative estimate of drug-likeness (QED) is 0.0815. The molecule has 0 saturated carbocycles. The maximum absolute atomic E-state index is 11.2. The average Bonchev–Trinajstić information content (AvgIpc) is 3.77. The Morgan fingerprint density at radius 2 is 1.92 bits per heavy atom. The van der Waals surface area contributed by atoms with E-state index in [0.29, 0.717) is 84.2 Å². The summed E-state index contributed by atoms with van der Waals surface area (Å²) in [6.45, 7) is 9.55. The average molecular weight is 679 g/mol. The Morgan fingerprint density at radius 1 is 1.12 bits per heavy atom. The van der Waals surface area contributed by atoms with E-state index in [2.05, 4.69) is 25.3 Å². The molecule has 0 unspecified atom stereocenters. The Morgan fingerprint density at radius 3 is 2.60 bits per heavy atom. The van der Waals surface area contributed by atoms with Crippen molar-refractivity contribution >= 4 is 23.4 Å². The highest BCUT2D eigenvalue weighted by molar-refractivity contribution is 5.99. The van der Waals surface area contributed by atoms with Crippen molar-refractivity contribution in [3.63, 3.8) is 0 Å². The van der Waals surface area contributed by atoms with Gasteiger partial charge in [-0.3, -0.25) is 0 Å². The van der Waals surface area contributed by atoms with Crippen LogP contribution in [-0.2, 0) is 13.0 Å². The number of nitrogens with one attached hydrogen (secondary N) is 2. The predicted molar refractivity (Wildman–Crippen MR) is 191 cm³/mol. The van der Waals surface area contributed by atoms with Crippen LogP contribution in [-0.4, -0.2) is 67.3 Å². The molecule has 13 heteroatoms. The number of nitrogens with zero attached hydrogens (tertiary/aromatic N) is 6. The fraction of sp³-hybridized carbons (Fsp3) is 0.351. The number of hydrogen-bond acceptors (Lipinski definition) is 13. The second kappa shape index (κ2) is 14.9. The molecule has 0 atom stereocenters. The zero-order chi connectivity index (χ0) is 35.4. The first-order valence-electron chi connectivity index (χ1n) is 16.6. The summed E-state index contributed by atoms with van der Waals surface area (Å²) in [4.78, 5) is 20.7. The zero-order valence-electron chi connectivity index (χ0n) is 28.9. The monoisotopic (exact) mass is 678 g/mol. The standard InChI is InChI=1S/C37H42N8O5/c1-21(2)33-29(19-41-37(43-33)45-12-10-27(46)11-13-45)31(47)17-26(38)15-25-16-28(48-5)9-8-24(25)18-39-36-40-20-30(35-22(3)23(4)44-50-35)34(42-36)32-7-6-14-49-32/h6-9,14,16-17,19-21,27,38,46-47H,10-13,15,18H2,1-5H3,(H,39,40,42)/b31-17-,38-26?. The molecular weight excluding hydrogens is 636 g/mol. The van der Waals surface area contributed by atoms with Crippen molar-refractivity contribution in [2.45, 2.75) is 65.5 Å². The number of piperidine rings is 1. The molecule has 5 aromatic rings. The van der Waals surface area contributed by atoms with Crippen molar-refractivity contribution in [2.75, 3.05) is 30.4 Å². The van der Waals surface area contributed by atoms with Crippen LogP contribution in [0.25, 0.3) is 28.5 Å². The van der Waals surface area contributed by atoms with Crippen molar-refractivity contribution in [3.05, 3.63) is 88.7 Å². The molecule has 0 amide bonds. The maximum Gasteiger partial charge on any atom is 0.225 e. The molecule has 0 spiro atoms. The van der Waals surface area contributed by atoms with Gasteiger partial charge in [0, 0.05) is 55.8 Å². The lowest BCUT2D eigenvalue weighted by Crippen LogP contribution is -2.37. The van der Waals surface area contributed by atoms with Crippen LogP contribution in [0.2, 0.25) is 0 Å². The molecule has 6 rings (SSSR count). The van der Waals surface area contributed by atoms with Crippen molar-refractivity contribution in [1.29, 1.82) is 5.41 Å². The number of aliphatic hydroxyl groups is 2. The molecule has 4 N–H and O–H groups in total. The molecule has 13 nitrogen and oxygen atoms in total. The van der Waals surface area contributed by atoms with Gasteiger partial charge in [0.2, 0.25) is 11.9 Å². The number of hydrogen-bond donors (Lipinski definition) is 4. The largest absolute Gasteiger partial charge is 0.507 e. The Balaban J connectivity index is 1.21. The van der Waals surface area contributed by atoms with E-state index >= 15 is 0 Å². The van der Waals surface area contributed by atoms with Crippen molar-refractivity contribution in [1.82, 2.24) is 25.1 Å². The van der Waals surface area contributed by atoms with Gasteiger partial charge in [0.05, 0.1) is 42.0 Å². The van der Waals surface area contributed by atoms with Gasteiger partial charge in [-0.15, -0.1) is 0 Å². The molecule has 1 aliphatic heterocycles. The number of benzene rings is 1. The Hall–Kier alpha value is -5.56. The highest BCUT2D eigenvalue weighted by atomic mass is 16.5. The number of anilines is 2. The van der Waals surface area contributed by atoms with Crippen LogP contribution >= 0.6 is 0 Å². The minimum Gasteiger partial charge on any atom is -0.507 e. The lowest BCUT2D eigenvalue weighted by atomic mass is 9.99. The molecule has 1 aliphatic rings. The highest BCUT2D eigenvalue weighted by Gasteiger charge is 2.23. The van der Waals surface area contributed by atoms with Crippen LogP contribution < -0.4 is 15.0 Å². The molecular formula is C37H42N8O5. The van der Waals surface area contributed by atoms with Crippen molar-refractivity contribution in [3.8, 4) is 28.5 Å². The summed E-state index contributed by atoms with van der Waals surface area (Å²) in [6, 6.07) is 9.31. The fourth-order valence-corrected chi connectivity index (χ4v) is 5.88. The number of rotatable bonds is 12. The van der Waals surface area contributed by atoms with Gasteiger partial charge < -0.3 is 39.5 Å². The second-order valence-electron chi connectivity index (χ2n) is 12.7. The Bertz CT molecular complexity index is 2000. The summed E-state index contributed by atoms with van der Waals surface area (Å²) in [5.74, 6) is 2.70. The molecule has 1 saturated heterocycles. The van der Waals surface area contributed by atoms with Crippen LogP contribution in [0.4, 0.5) is 11.9 Å². The molecule has 1 fully saturated rings. The van der Waals surface area contributed by atoms with E-state index < -0.39 is 0 Å². The van der Waals surface area contributed by atoms with Gasteiger partial charge in [0.15, 0.2) is 11.5 Å². The van der Waals surface area contributed by atoms with E-state index in [-0.39, 0.29) is 29.9 Å². The summed E-state index contributed by atoms with van der Waals surface area (Å²) in [5.41, 5.74) is 6.04. The number of aryl methyl sites for hydroxylation is 1. The van der Waals surface area contributed by atoms with E-state index in [0.717, 1.165) is 22.4 Å². The summed E-state index contributed by atoms with van der Waals surface area (Å²) in [6.07, 6.45) is 7.61. The second-order valence-corrected chi connectivity index (χ2v) is 12.7. The van der Waals surface area contributed by atoms with E-state index in [4.69, 9.17) is 29.1 Å². The normalized spacial score (nSPS) is 14.0. The smallest absolute Gasteiger partial charge is 0.225 e. The van der Waals surface area contributed by atoms with Crippen LogP contribution in [0.3, 0.4) is 0 Å². The maximum atomic E-state index is 11.2. The van der Waals surface area contributed by atoms with Gasteiger partial charge in [-0.1, -0.05) is 25.1 Å². The van der Waals surface area contributed by atoms with Gasteiger partial charge in [0.1, 0.15) is 17.2 Å². The number of aliphatic hydroxyl groups excluding tert-OH is 2. The van der Waals surface area contributed by atoms with Crippen molar-refractivity contribution < 1.29 is 23.9 Å². The molecule has 0 aliphatic carbocycles. The van der Waals surface area contributed by atoms with Gasteiger partial charge in [-0.25, -0.2) is 19.9 Å². The number of ether oxygens (including phenoxy) is 1. The van der Waals surface area contributed by atoms with Crippen molar-refractivity contribution in [2.24, 2.45) is 0 Å². The van der Waals surface area contributed by atoms with Gasteiger partial charge in [0.25, 0.3) is 0 Å². The topological polar surface area (TPSA) is 180 Å². The first-order valence-corrected chi connectivity index (χ1v) is 16.6. The third-order valence-electron chi connectivity index (χ3n) is 8.86. The number of methoxy groups -OCH3 is 1. The number of allylic oxidation sites excluding steroid dienone is 1. The summed E-state index contributed by atoms with van der Waals surface area (Å²) < 4.78 is 16.8. The molecule has 1 aromatic carbocycles. The predicted octanol–water partition coefficient (Wildman–Crippen LogP) is 6.67. The fourth-order valence-electron chi connectivity index (χ4n) is 5.88. The summed E-state index contributed by atoms with van der Waals surface area (Å²) >= 11 is 0. The third-order valence-corrected chi connectivity index (χ3v) is 8.86. The number of aromatic nitrogens is 5. The van der Waals surface area contributed by atoms with Crippen LogP contribution in [0, 0.1) is 19.3 Å². The van der Waals surface area contributed by atoms with Gasteiger partial charge >= 0.3 is 0 Å². The molecule has 0 radical (unpaired) electrons. The molecule has 260 valence electrons. The Kier molecular flexibility index (Phi) is 10.2. The van der Waals surface area contributed by atoms with E-state index in [9.17, 15) is 10.2 Å². The lowest BCUT2D eigenvalue weighted by molar-refractivity contribution is 0.145. The minimum atomic E-state index is -0.298. The molecule has 4 aromatic heterocycles. The van der Waals surface area contributed by atoms with Gasteiger partial charge in [-0.05, 0) is 68.0 Å². The third kappa shape index (κ3) is 7.52. The molecule has 50 heavy (non-hydrogen) atoms. The first kappa shape index (κ1) is 34.3. The Labute approximate surface area is 290 Å².